The zero-order chi connectivity index (χ0) is 16.9. The summed E-state index contributed by atoms with van der Waals surface area (Å²) in [5.41, 5.74) is 2.11. The highest BCUT2D eigenvalue weighted by Gasteiger charge is 2.08. The molecule has 124 valence electrons. The van der Waals surface area contributed by atoms with Gasteiger partial charge in [-0.25, -0.2) is 9.37 Å². The smallest absolute Gasteiger partial charge is 0.224 e. The van der Waals surface area contributed by atoms with Crippen LogP contribution in [0.15, 0.2) is 42.5 Å². The van der Waals surface area contributed by atoms with E-state index in [0.29, 0.717) is 6.42 Å². The van der Waals surface area contributed by atoms with Crippen LogP contribution in [0.3, 0.4) is 0 Å². The van der Waals surface area contributed by atoms with Gasteiger partial charge >= 0.3 is 0 Å². The van der Waals surface area contributed by atoms with E-state index in [1.807, 2.05) is 25.1 Å². The Kier molecular flexibility index (Phi) is 5.20. The summed E-state index contributed by atoms with van der Waals surface area (Å²) in [5, 5.41) is 3.73. The lowest BCUT2D eigenvalue weighted by atomic mass is 10.1. The van der Waals surface area contributed by atoms with Crippen molar-refractivity contribution in [3.8, 4) is 0 Å². The predicted octanol–water partition coefficient (Wildman–Crippen LogP) is 5.10. The van der Waals surface area contributed by atoms with Crippen molar-refractivity contribution in [3.63, 3.8) is 0 Å². The Morgan fingerprint density at radius 1 is 1.21 bits per heavy atom. The molecule has 3 nitrogen and oxygen atoms in total. The highest BCUT2D eigenvalue weighted by atomic mass is 32.1. The molecule has 0 aliphatic heterocycles. The fourth-order valence-electron chi connectivity index (χ4n) is 2.52. The number of anilines is 1. The monoisotopic (exact) mass is 342 g/mol. The van der Waals surface area contributed by atoms with E-state index in [0.717, 1.165) is 35.4 Å². The van der Waals surface area contributed by atoms with Crippen LogP contribution in [-0.2, 0) is 11.2 Å². The number of carbonyl (C=O) groups excluding carboxylic acids is 1. The van der Waals surface area contributed by atoms with Gasteiger partial charge in [0.2, 0.25) is 5.91 Å². The van der Waals surface area contributed by atoms with Crippen LogP contribution in [-0.4, -0.2) is 10.9 Å². The second-order valence-electron chi connectivity index (χ2n) is 5.81. The molecule has 0 saturated carbocycles. The number of nitrogens with one attached hydrogen (secondary N) is 1. The van der Waals surface area contributed by atoms with Gasteiger partial charge in [0, 0.05) is 6.42 Å². The third kappa shape index (κ3) is 4.17. The Labute approximate surface area is 144 Å². The zero-order valence-corrected chi connectivity index (χ0v) is 14.3. The van der Waals surface area contributed by atoms with E-state index in [4.69, 9.17) is 0 Å². The van der Waals surface area contributed by atoms with Crippen LogP contribution in [0.5, 0.6) is 0 Å². The Balaban J connectivity index is 1.45. The van der Waals surface area contributed by atoms with Crippen molar-refractivity contribution >= 4 is 33.1 Å². The number of unbranched alkanes of at least 4 members (excludes halogenated alkanes) is 1. The number of benzene rings is 2. The van der Waals surface area contributed by atoms with Gasteiger partial charge in [0.05, 0.1) is 20.9 Å². The lowest BCUT2D eigenvalue weighted by molar-refractivity contribution is -0.116. The van der Waals surface area contributed by atoms with Gasteiger partial charge in [0.15, 0.2) is 0 Å². The Morgan fingerprint density at radius 2 is 2.04 bits per heavy atom. The number of nitrogens with zero attached hydrogens (tertiary/aromatic N) is 1. The van der Waals surface area contributed by atoms with Gasteiger partial charge in [0.1, 0.15) is 5.82 Å². The van der Waals surface area contributed by atoms with E-state index in [1.165, 1.54) is 10.8 Å². The maximum Gasteiger partial charge on any atom is 0.224 e. The molecule has 24 heavy (non-hydrogen) atoms. The van der Waals surface area contributed by atoms with Gasteiger partial charge in [-0.1, -0.05) is 18.2 Å². The maximum absolute atomic E-state index is 13.7. The minimum atomic E-state index is -0.391. The van der Waals surface area contributed by atoms with Gasteiger partial charge in [-0.05, 0) is 56.0 Å². The molecule has 0 radical (unpaired) electrons. The Bertz CT molecular complexity index is 826. The van der Waals surface area contributed by atoms with Crippen LogP contribution in [0.2, 0.25) is 0 Å². The van der Waals surface area contributed by atoms with Gasteiger partial charge in [-0.15, -0.1) is 11.3 Å². The number of para-hydroxylation sites is 1. The minimum absolute atomic E-state index is 0.151. The van der Waals surface area contributed by atoms with Crippen LogP contribution < -0.4 is 5.32 Å². The number of fused-ring (bicyclic) bond motifs is 1. The zero-order valence-electron chi connectivity index (χ0n) is 13.5. The van der Waals surface area contributed by atoms with E-state index in [9.17, 15) is 9.18 Å². The number of amides is 1. The minimum Gasteiger partial charge on any atom is -0.324 e. The molecule has 0 aliphatic rings. The molecule has 1 aromatic heterocycles. The summed E-state index contributed by atoms with van der Waals surface area (Å²) in [6.45, 7) is 1.82. The van der Waals surface area contributed by atoms with Gasteiger partial charge in [0.25, 0.3) is 0 Å². The van der Waals surface area contributed by atoms with Crippen LogP contribution >= 0.6 is 11.3 Å². The van der Waals surface area contributed by atoms with Crippen molar-refractivity contribution in [1.82, 2.24) is 4.98 Å². The highest BCUT2D eigenvalue weighted by molar-refractivity contribution is 7.18. The molecule has 1 amide bonds. The predicted molar refractivity (Wildman–Crippen MR) is 96.9 cm³/mol. The first-order valence-corrected chi connectivity index (χ1v) is 8.84. The Morgan fingerprint density at radius 3 is 2.83 bits per heavy atom. The number of carbonyl (C=O) groups is 1. The van der Waals surface area contributed by atoms with Crippen molar-refractivity contribution in [1.29, 1.82) is 0 Å². The topological polar surface area (TPSA) is 42.0 Å². The molecule has 1 N–H and O–H groups in total. The molecule has 1 heterocycles. The van der Waals surface area contributed by atoms with Crippen molar-refractivity contribution in [2.75, 3.05) is 5.32 Å². The average Bonchev–Trinajstić information content (AvgIpc) is 2.97. The van der Waals surface area contributed by atoms with Crippen LogP contribution in [0.4, 0.5) is 10.1 Å². The van der Waals surface area contributed by atoms with E-state index in [1.54, 1.807) is 23.5 Å². The lowest BCUT2D eigenvalue weighted by Gasteiger charge is -2.06. The van der Waals surface area contributed by atoms with Crippen molar-refractivity contribution in [2.45, 2.75) is 32.6 Å². The molecular weight excluding hydrogens is 323 g/mol. The molecule has 0 bridgehead atoms. The largest absolute Gasteiger partial charge is 0.324 e. The first kappa shape index (κ1) is 16.6. The number of thiazole rings is 1. The van der Waals surface area contributed by atoms with E-state index < -0.39 is 5.82 Å². The first-order chi connectivity index (χ1) is 11.6. The second-order valence-corrected chi connectivity index (χ2v) is 6.93. The molecule has 0 spiro atoms. The lowest BCUT2D eigenvalue weighted by Crippen LogP contribution is -2.12. The van der Waals surface area contributed by atoms with Gasteiger partial charge in [-0.2, -0.15) is 0 Å². The quantitative estimate of drug-likeness (QED) is 0.634. The summed E-state index contributed by atoms with van der Waals surface area (Å²) in [6.07, 6.45) is 2.91. The fraction of sp³-hybridized carbons (Fsp3) is 0.263. The first-order valence-electron chi connectivity index (χ1n) is 8.02. The number of hydrogen-bond acceptors (Lipinski definition) is 3. The molecule has 3 aromatic rings. The molecule has 0 unspecified atom stereocenters. The molecule has 2 aromatic carbocycles. The normalized spacial score (nSPS) is 10.9. The number of aryl methyl sites for hydroxylation is 2. The summed E-state index contributed by atoms with van der Waals surface area (Å²) >= 11 is 1.70. The van der Waals surface area contributed by atoms with Crippen LogP contribution in [0.1, 0.15) is 29.8 Å². The molecule has 0 atom stereocenters. The maximum atomic E-state index is 13.7. The third-order valence-corrected chi connectivity index (χ3v) is 4.88. The van der Waals surface area contributed by atoms with E-state index in [-0.39, 0.29) is 11.6 Å². The second kappa shape index (κ2) is 7.53. The summed E-state index contributed by atoms with van der Waals surface area (Å²) < 4.78 is 14.9. The number of rotatable bonds is 6. The van der Waals surface area contributed by atoms with Gasteiger partial charge in [-0.3, -0.25) is 4.79 Å². The molecule has 0 aliphatic carbocycles. The Hall–Kier alpha value is -2.27. The third-order valence-electron chi connectivity index (χ3n) is 3.78. The van der Waals surface area contributed by atoms with E-state index in [2.05, 4.69) is 16.4 Å². The molecular formula is C19H19FN2OS. The number of hydrogen-bond donors (Lipinski definition) is 1. The number of halogens is 1. The molecule has 3 rings (SSSR count). The van der Waals surface area contributed by atoms with Gasteiger partial charge < -0.3 is 5.32 Å². The van der Waals surface area contributed by atoms with Crippen molar-refractivity contribution in [2.24, 2.45) is 0 Å². The van der Waals surface area contributed by atoms with Crippen molar-refractivity contribution < 1.29 is 9.18 Å². The van der Waals surface area contributed by atoms with Crippen molar-refractivity contribution in [3.05, 3.63) is 58.9 Å². The highest BCUT2D eigenvalue weighted by Crippen LogP contribution is 2.23. The number of aromatic nitrogens is 1. The summed E-state index contributed by atoms with van der Waals surface area (Å²) in [7, 11) is 0. The van der Waals surface area contributed by atoms with Crippen LogP contribution in [0.25, 0.3) is 10.2 Å². The summed E-state index contributed by atoms with van der Waals surface area (Å²) in [4.78, 5) is 16.5. The SMILES string of the molecule is Cc1ccc(NC(=O)CCCCc2nc3ccccc3s2)c(F)c1. The average molecular weight is 342 g/mol. The fourth-order valence-corrected chi connectivity index (χ4v) is 3.53. The molecule has 0 saturated heterocycles. The standard InChI is InChI=1S/C19H19FN2OS/c1-13-10-11-15(14(20)12-13)21-18(23)8-4-5-9-19-22-16-6-2-3-7-17(16)24-19/h2-3,6-7,10-12H,4-5,8-9H2,1H3,(H,21,23). The summed E-state index contributed by atoms with van der Waals surface area (Å²) in [6, 6.07) is 12.9. The molecule has 0 fully saturated rings. The molecule has 5 heteroatoms. The van der Waals surface area contributed by atoms with E-state index >= 15 is 0 Å². The van der Waals surface area contributed by atoms with Crippen LogP contribution in [0, 0.1) is 12.7 Å². The summed E-state index contributed by atoms with van der Waals surface area (Å²) in [5.74, 6) is -0.542.